The number of carbonyl (C=O) groups is 4. The van der Waals surface area contributed by atoms with Crippen LogP contribution in [0.5, 0.6) is 11.5 Å². The molecule has 4 saturated heterocycles. The molecule has 2 atom stereocenters. The van der Waals surface area contributed by atoms with Crippen LogP contribution in [-0.4, -0.2) is 97.5 Å². The van der Waals surface area contributed by atoms with Gasteiger partial charge in [-0.3, -0.25) is 34.3 Å². The summed E-state index contributed by atoms with van der Waals surface area (Å²) < 4.78 is 51.9. The number of nitrogens with one attached hydrogen (secondary N) is 1. The highest BCUT2D eigenvalue weighted by molar-refractivity contribution is 6.08. The van der Waals surface area contributed by atoms with Crippen molar-refractivity contribution in [3.05, 3.63) is 76.6 Å². The second kappa shape index (κ2) is 15.5. The first-order valence-electron chi connectivity index (χ1n) is 20.3. The largest absolute Gasteiger partial charge is 0.503 e. The van der Waals surface area contributed by atoms with Crippen LogP contribution in [0.25, 0.3) is 0 Å². The van der Waals surface area contributed by atoms with Crippen molar-refractivity contribution in [1.29, 1.82) is 0 Å². The zero-order chi connectivity index (χ0) is 41.0. The number of para-hydroxylation sites is 1. The number of hydrogen-bond donors (Lipinski definition) is 2. The van der Waals surface area contributed by atoms with Crippen LogP contribution < -0.4 is 24.8 Å². The predicted octanol–water partition coefficient (Wildman–Crippen LogP) is 5.51. The summed E-state index contributed by atoms with van der Waals surface area (Å²) in [6, 6.07) is 8.72. The molecule has 5 heterocycles. The summed E-state index contributed by atoms with van der Waals surface area (Å²) >= 11 is 0. The van der Waals surface area contributed by atoms with Crippen molar-refractivity contribution in [1.82, 2.24) is 15.1 Å². The van der Waals surface area contributed by atoms with Crippen LogP contribution in [0.3, 0.4) is 0 Å². The van der Waals surface area contributed by atoms with Crippen molar-refractivity contribution < 1.29 is 42.2 Å². The van der Waals surface area contributed by atoms with Gasteiger partial charge in [0.2, 0.25) is 17.7 Å². The summed E-state index contributed by atoms with van der Waals surface area (Å²) in [5.41, 5.74) is 1.40. The summed E-state index contributed by atoms with van der Waals surface area (Å²) in [5, 5.41) is 12.9. The highest BCUT2D eigenvalue weighted by Gasteiger charge is 2.61. The molecule has 308 valence electrons. The Morgan fingerprint density at radius 1 is 0.828 bits per heavy atom. The Hall–Kier alpha value is -5.31. The average molecular weight is 803 g/mol. The number of halogens is 3. The molecule has 8 rings (SSSR count). The fraction of sp³-hybridized carbons (Fsp3) is 0.488. The van der Waals surface area contributed by atoms with E-state index in [0.29, 0.717) is 73.2 Å². The Labute approximate surface area is 335 Å². The quantitative estimate of drug-likeness (QED) is 0.202. The maximum Gasteiger partial charge on any atom is 0.255 e. The van der Waals surface area contributed by atoms with Crippen LogP contribution in [-0.2, 0) is 20.9 Å². The summed E-state index contributed by atoms with van der Waals surface area (Å²) in [5.74, 6) is -3.11. The summed E-state index contributed by atoms with van der Waals surface area (Å²) in [6.45, 7) is 8.81. The summed E-state index contributed by atoms with van der Waals surface area (Å²) in [6.07, 6.45) is 3.02. The number of anilines is 3. The molecule has 4 fully saturated rings. The minimum Gasteiger partial charge on any atom is -0.503 e. The molecular weight excluding hydrogens is 754 g/mol. The second-order valence-corrected chi connectivity index (χ2v) is 16.2. The molecule has 0 unspecified atom stereocenters. The number of hydrogen-bond acceptors (Lipinski definition) is 9. The number of fused-ring (bicyclic) bond motifs is 1. The molecule has 0 aromatic heterocycles. The molecule has 5 aliphatic rings. The Balaban J connectivity index is 0.890. The minimum atomic E-state index is -0.874. The van der Waals surface area contributed by atoms with E-state index >= 15 is 8.78 Å². The molecule has 3 aromatic rings. The zero-order valence-electron chi connectivity index (χ0n) is 33.0. The van der Waals surface area contributed by atoms with Gasteiger partial charge in [-0.25, -0.2) is 13.2 Å². The lowest BCUT2D eigenvalue weighted by molar-refractivity contribution is -0.141. The van der Waals surface area contributed by atoms with Crippen molar-refractivity contribution in [2.75, 3.05) is 67.6 Å². The first-order valence-corrected chi connectivity index (χ1v) is 20.3. The molecule has 5 aliphatic heterocycles. The Morgan fingerprint density at radius 2 is 1.50 bits per heavy atom. The van der Waals surface area contributed by atoms with Gasteiger partial charge in [0.1, 0.15) is 23.4 Å². The van der Waals surface area contributed by atoms with Crippen molar-refractivity contribution in [3.63, 3.8) is 0 Å². The maximum atomic E-state index is 16.2. The van der Waals surface area contributed by atoms with E-state index in [2.05, 4.69) is 10.2 Å². The minimum absolute atomic E-state index is 0.0377. The Bertz CT molecular complexity index is 2150. The van der Waals surface area contributed by atoms with Gasteiger partial charge in [0.05, 0.1) is 35.6 Å². The van der Waals surface area contributed by atoms with Crippen LogP contribution in [0.4, 0.5) is 30.2 Å². The monoisotopic (exact) mass is 802 g/mol. The van der Waals surface area contributed by atoms with Crippen LogP contribution in [0, 0.1) is 28.8 Å². The number of rotatable bonds is 10. The average Bonchev–Trinajstić information content (AvgIpc) is 3.53. The molecule has 0 spiro atoms. The van der Waals surface area contributed by atoms with Crippen molar-refractivity contribution in [3.8, 4) is 11.5 Å². The van der Waals surface area contributed by atoms with Gasteiger partial charge < -0.3 is 24.5 Å². The summed E-state index contributed by atoms with van der Waals surface area (Å²) in [4.78, 5) is 60.1. The topological polar surface area (TPSA) is 126 Å². The van der Waals surface area contributed by atoms with Gasteiger partial charge in [-0.2, -0.15) is 0 Å². The molecule has 12 nitrogen and oxygen atoms in total. The number of β-lactam (4-membered cyclic amide) rings is 1. The SMILES string of the molecule is CCC1(CC)C(=O)N(c2cccc(F)c2O)[C@H]1c1cc(F)c(N2CCC(CN3CCN(c4cc5c(cc4F)C(=O)N([C@H]4CCC(=O)NC4=O)C5)CC3)CC2)cc1OC. The molecule has 2 N–H and O–H groups in total. The molecule has 0 aliphatic carbocycles. The molecular formula is C43H49F3N6O6. The number of nitrogens with zero attached hydrogens (tertiary/aromatic N) is 5. The highest BCUT2D eigenvalue weighted by atomic mass is 19.1. The van der Waals surface area contributed by atoms with Gasteiger partial charge in [0.25, 0.3) is 5.91 Å². The van der Waals surface area contributed by atoms with E-state index in [4.69, 9.17) is 4.74 Å². The molecule has 58 heavy (non-hydrogen) atoms. The zero-order valence-corrected chi connectivity index (χ0v) is 33.0. The number of amides is 4. The third kappa shape index (κ3) is 6.60. The molecule has 3 aromatic carbocycles. The smallest absolute Gasteiger partial charge is 0.255 e. The Morgan fingerprint density at radius 3 is 2.17 bits per heavy atom. The molecule has 0 radical (unpaired) electrons. The van der Waals surface area contributed by atoms with E-state index in [-0.39, 0.29) is 42.5 Å². The number of phenolic OH excluding ortho intramolecular Hbond substituents is 1. The number of piperidine rings is 2. The van der Waals surface area contributed by atoms with Crippen LogP contribution in [0.15, 0.2) is 42.5 Å². The fourth-order valence-electron chi connectivity index (χ4n) is 9.88. The highest BCUT2D eigenvalue weighted by Crippen LogP contribution is 2.59. The van der Waals surface area contributed by atoms with E-state index < -0.39 is 52.5 Å². The number of aromatic hydroxyl groups is 1. The van der Waals surface area contributed by atoms with Gasteiger partial charge >= 0.3 is 0 Å². The number of piperazine rings is 1. The van der Waals surface area contributed by atoms with Crippen LogP contribution in [0.2, 0.25) is 0 Å². The molecule has 0 saturated carbocycles. The van der Waals surface area contributed by atoms with Crippen LogP contribution in [0.1, 0.15) is 79.9 Å². The standard InChI is InChI=1S/C43H49F3N6O6/c1-4-43(5-2)39(52(42(43)57)32-8-6-7-29(44)38(32)54)28-21-31(46)35(22-36(28)58-3)49-13-11-25(12-14-49)23-48-15-17-50(18-16-48)34-19-26-24-51(41(56)27(26)20-30(34)45)33-9-10-37(53)47-40(33)55/h6-8,19-22,25,33,39,54H,4-5,9-18,23-24H2,1-3H3,(H,47,53,55)/t33-,39-/m0/s1. The lowest BCUT2D eigenvalue weighted by Crippen LogP contribution is -2.63. The molecule has 15 heteroatoms. The van der Waals surface area contributed by atoms with Crippen molar-refractivity contribution in [2.45, 2.75) is 71.0 Å². The van der Waals surface area contributed by atoms with E-state index in [9.17, 15) is 28.7 Å². The Kier molecular flexibility index (Phi) is 10.5. The summed E-state index contributed by atoms with van der Waals surface area (Å²) in [7, 11) is 1.51. The normalized spacial score (nSPS) is 22.7. The fourth-order valence-corrected chi connectivity index (χ4v) is 9.88. The van der Waals surface area contributed by atoms with Crippen LogP contribution >= 0.6 is 0 Å². The third-order valence-electron chi connectivity index (χ3n) is 13.3. The van der Waals surface area contributed by atoms with Crippen molar-refractivity contribution >= 4 is 40.7 Å². The number of benzene rings is 3. The van der Waals surface area contributed by atoms with Crippen molar-refractivity contribution in [2.24, 2.45) is 11.3 Å². The number of phenols is 1. The van der Waals surface area contributed by atoms with Gasteiger partial charge in [0.15, 0.2) is 11.6 Å². The van der Waals surface area contributed by atoms with Gasteiger partial charge in [0, 0.05) is 76.0 Å². The predicted molar refractivity (Wildman–Crippen MR) is 210 cm³/mol. The lowest BCUT2D eigenvalue weighted by atomic mass is 9.64. The van der Waals surface area contributed by atoms with Gasteiger partial charge in [-0.15, -0.1) is 0 Å². The number of methoxy groups -OCH3 is 1. The van der Waals surface area contributed by atoms with Gasteiger partial charge in [-0.05, 0) is 73.9 Å². The van der Waals surface area contributed by atoms with Gasteiger partial charge in [-0.1, -0.05) is 19.9 Å². The maximum absolute atomic E-state index is 16.2. The number of ether oxygens (including phenoxy) is 1. The lowest BCUT2D eigenvalue weighted by Gasteiger charge is -2.56. The van der Waals surface area contributed by atoms with E-state index in [1.54, 1.807) is 12.1 Å². The third-order valence-corrected chi connectivity index (χ3v) is 13.3. The second-order valence-electron chi connectivity index (χ2n) is 16.2. The molecule has 0 bridgehead atoms. The van der Waals surface area contributed by atoms with E-state index in [1.165, 1.54) is 41.2 Å². The van der Waals surface area contributed by atoms with E-state index in [0.717, 1.165) is 38.5 Å². The first kappa shape index (κ1) is 39.5. The first-order chi connectivity index (χ1) is 27.9. The molecule has 4 amide bonds. The number of imide groups is 1. The van der Waals surface area contributed by atoms with E-state index in [1.807, 2.05) is 23.6 Å². The number of carbonyl (C=O) groups excluding carboxylic acids is 4.